The highest BCUT2D eigenvalue weighted by Crippen LogP contribution is 2.23. The molecule has 1 aromatic rings. The van der Waals surface area contributed by atoms with Crippen LogP contribution in [0.3, 0.4) is 0 Å². The van der Waals surface area contributed by atoms with Crippen LogP contribution in [0.25, 0.3) is 5.57 Å². The SMILES string of the molecule is C=C(CC)c1cc(C)ccc1CCCCCCN. The highest BCUT2D eigenvalue weighted by Gasteiger charge is 2.05. The fourth-order valence-electron chi connectivity index (χ4n) is 2.24. The molecule has 0 bridgehead atoms. The van der Waals surface area contributed by atoms with E-state index in [4.69, 9.17) is 5.73 Å². The van der Waals surface area contributed by atoms with Gasteiger partial charge in [-0.15, -0.1) is 0 Å². The minimum absolute atomic E-state index is 0.822. The minimum atomic E-state index is 0.822. The van der Waals surface area contributed by atoms with Crippen LogP contribution in [-0.4, -0.2) is 6.54 Å². The highest BCUT2D eigenvalue weighted by atomic mass is 14.5. The Morgan fingerprint density at radius 2 is 1.89 bits per heavy atom. The maximum absolute atomic E-state index is 5.51. The van der Waals surface area contributed by atoms with Crippen LogP contribution in [0, 0.1) is 6.92 Å². The Labute approximate surface area is 112 Å². The van der Waals surface area contributed by atoms with Gasteiger partial charge in [0.1, 0.15) is 0 Å². The van der Waals surface area contributed by atoms with Crippen molar-refractivity contribution in [3.05, 3.63) is 41.5 Å². The minimum Gasteiger partial charge on any atom is -0.330 e. The molecule has 1 heteroatoms. The van der Waals surface area contributed by atoms with Crippen molar-refractivity contribution in [2.24, 2.45) is 5.73 Å². The maximum atomic E-state index is 5.51. The Morgan fingerprint density at radius 1 is 1.17 bits per heavy atom. The summed E-state index contributed by atoms with van der Waals surface area (Å²) in [6, 6.07) is 6.76. The average molecular weight is 245 g/mol. The highest BCUT2D eigenvalue weighted by molar-refractivity contribution is 5.66. The van der Waals surface area contributed by atoms with Gasteiger partial charge in [-0.05, 0) is 55.9 Å². The predicted molar refractivity (Wildman–Crippen MR) is 81.7 cm³/mol. The first kappa shape index (κ1) is 15.0. The molecule has 0 aromatic heterocycles. The van der Waals surface area contributed by atoms with E-state index in [0.717, 1.165) is 19.4 Å². The van der Waals surface area contributed by atoms with Gasteiger partial charge in [-0.2, -0.15) is 0 Å². The maximum Gasteiger partial charge on any atom is -0.00773 e. The van der Waals surface area contributed by atoms with Gasteiger partial charge in [0.15, 0.2) is 0 Å². The standard InChI is InChI=1S/C17H27N/c1-4-15(3)17-13-14(2)10-11-16(17)9-7-5-6-8-12-18/h10-11,13H,3-9,12,18H2,1-2H3. The van der Waals surface area contributed by atoms with Gasteiger partial charge >= 0.3 is 0 Å². The van der Waals surface area contributed by atoms with Crippen LogP contribution in [0.1, 0.15) is 55.7 Å². The Hall–Kier alpha value is -1.08. The predicted octanol–water partition coefficient (Wildman–Crippen LogP) is 4.48. The Morgan fingerprint density at radius 3 is 2.56 bits per heavy atom. The fourth-order valence-corrected chi connectivity index (χ4v) is 2.24. The van der Waals surface area contributed by atoms with Gasteiger partial charge in [0.2, 0.25) is 0 Å². The molecule has 1 aromatic carbocycles. The number of allylic oxidation sites excluding steroid dienone is 1. The smallest absolute Gasteiger partial charge is 0.00773 e. The molecular formula is C17H27N. The zero-order valence-electron chi connectivity index (χ0n) is 12.0. The number of nitrogens with two attached hydrogens (primary N) is 1. The Bertz CT molecular complexity index is 379. The second kappa shape index (κ2) is 8.10. The summed E-state index contributed by atoms with van der Waals surface area (Å²) in [5.74, 6) is 0. The van der Waals surface area contributed by atoms with Crippen molar-refractivity contribution in [1.29, 1.82) is 0 Å². The molecule has 0 aliphatic carbocycles. The molecule has 0 heterocycles. The lowest BCUT2D eigenvalue weighted by Gasteiger charge is -2.12. The lowest BCUT2D eigenvalue weighted by Crippen LogP contribution is -1.98. The number of hydrogen-bond acceptors (Lipinski definition) is 1. The number of aryl methyl sites for hydroxylation is 2. The van der Waals surface area contributed by atoms with E-state index in [-0.39, 0.29) is 0 Å². The normalized spacial score (nSPS) is 10.6. The second-order valence-corrected chi connectivity index (χ2v) is 5.07. The average Bonchev–Trinajstić information content (AvgIpc) is 2.39. The Kier molecular flexibility index (Phi) is 6.74. The van der Waals surface area contributed by atoms with E-state index in [1.54, 1.807) is 0 Å². The second-order valence-electron chi connectivity index (χ2n) is 5.07. The van der Waals surface area contributed by atoms with Gasteiger partial charge in [0.25, 0.3) is 0 Å². The number of rotatable bonds is 8. The van der Waals surface area contributed by atoms with Gasteiger partial charge in [-0.3, -0.25) is 0 Å². The Balaban J connectivity index is 2.61. The summed E-state index contributed by atoms with van der Waals surface area (Å²) in [4.78, 5) is 0. The van der Waals surface area contributed by atoms with Crippen LogP contribution in [0.15, 0.2) is 24.8 Å². The molecule has 1 rings (SSSR count). The summed E-state index contributed by atoms with van der Waals surface area (Å²) in [6.45, 7) is 9.33. The third-order valence-corrected chi connectivity index (χ3v) is 3.47. The van der Waals surface area contributed by atoms with Gasteiger partial charge < -0.3 is 5.73 Å². The molecule has 2 N–H and O–H groups in total. The van der Waals surface area contributed by atoms with Crippen LogP contribution >= 0.6 is 0 Å². The van der Waals surface area contributed by atoms with Gasteiger partial charge in [-0.1, -0.05) is 50.1 Å². The van der Waals surface area contributed by atoms with Crippen molar-refractivity contribution >= 4 is 5.57 Å². The van der Waals surface area contributed by atoms with E-state index in [0.29, 0.717) is 0 Å². The van der Waals surface area contributed by atoms with Crippen molar-refractivity contribution < 1.29 is 0 Å². The quantitative estimate of drug-likeness (QED) is 0.671. The summed E-state index contributed by atoms with van der Waals surface area (Å²) in [5.41, 5.74) is 10.9. The van der Waals surface area contributed by atoms with Crippen LogP contribution in [0.5, 0.6) is 0 Å². The van der Waals surface area contributed by atoms with E-state index in [9.17, 15) is 0 Å². The molecule has 0 amide bonds. The molecule has 0 unspecified atom stereocenters. The first-order valence-corrected chi connectivity index (χ1v) is 7.16. The van der Waals surface area contributed by atoms with E-state index >= 15 is 0 Å². The first-order chi connectivity index (χ1) is 8.69. The van der Waals surface area contributed by atoms with Crippen LogP contribution in [-0.2, 0) is 6.42 Å². The molecule has 0 aliphatic heterocycles. The third-order valence-electron chi connectivity index (χ3n) is 3.47. The molecular weight excluding hydrogens is 218 g/mol. The molecule has 0 radical (unpaired) electrons. The van der Waals surface area contributed by atoms with E-state index in [2.05, 4.69) is 38.6 Å². The summed E-state index contributed by atoms with van der Waals surface area (Å²) >= 11 is 0. The molecule has 0 spiro atoms. The summed E-state index contributed by atoms with van der Waals surface area (Å²) in [5, 5.41) is 0. The van der Waals surface area contributed by atoms with Crippen molar-refractivity contribution in [1.82, 2.24) is 0 Å². The van der Waals surface area contributed by atoms with E-state index in [1.165, 1.54) is 47.9 Å². The molecule has 0 atom stereocenters. The zero-order valence-corrected chi connectivity index (χ0v) is 12.0. The molecule has 18 heavy (non-hydrogen) atoms. The molecule has 1 nitrogen and oxygen atoms in total. The van der Waals surface area contributed by atoms with Crippen molar-refractivity contribution in [3.8, 4) is 0 Å². The fraction of sp³-hybridized carbons (Fsp3) is 0.529. The largest absolute Gasteiger partial charge is 0.330 e. The number of hydrogen-bond donors (Lipinski definition) is 1. The molecule has 0 fully saturated rings. The van der Waals surface area contributed by atoms with Gasteiger partial charge in [0.05, 0.1) is 0 Å². The lowest BCUT2D eigenvalue weighted by atomic mass is 9.93. The summed E-state index contributed by atoms with van der Waals surface area (Å²) in [7, 11) is 0. The molecule has 0 saturated heterocycles. The molecule has 0 aliphatic rings. The summed E-state index contributed by atoms with van der Waals surface area (Å²) < 4.78 is 0. The van der Waals surface area contributed by atoms with Crippen molar-refractivity contribution in [2.75, 3.05) is 6.54 Å². The van der Waals surface area contributed by atoms with Gasteiger partial charge in [-0.25, -0.2) is 0 Å². The third kappa shape index (κ3) is 4.66. The molecule has 100 valence electrons. The monoisotopic (exact) mass is 245 g/mol. The molecule has 0 saturated carbocycles. The number of unbranched alkanes of at least 4 members (excludes halogenated alkanes) is 3. The first-order valence-electron chi connectivity index (χ1n) is 7.16. The van der Waals surface area contributed by atoms with Crippen molar-refractivity contribution in [3.63, 3.8) is 0 Å². The van der Waals surface area contributed by atoms with Crippen molar-refractivity contribution in [2.45, 2.75) is 52.4 Å². The van der Waals surface area contributed by atoms with E-state index < -0.39 is 0 Å². The van der Waals surface area contributed by atoms with Crippen LogP contribution in [0.4, 0.5) is 0 Å². The van der Waals surface area contributed by atoms with E-state index in [1.807, 2.05) is 0 Å². The summed E-state index contributed by atoms with van der Waals surface area (Å²) in [6.07, 6.45) is 7.15. The lowest BCUT2D eigenvalue weighted by molar-refractivity contribution is 0.646. The number of benzene rings is 1. The van der Waals surface area contributed by atoms with Gasteiger partial charge in [0, 0.05) is 0 Å². The zero-order chi connectivity index (χ0) is 13.4. The van der Waals surface area contributed by atoms with Crippen LogP contribution < -0.4 is 5.73 Å². The topological polar surface area (TPSA) is 26.0 Å². The van der Waals surface area contributed by atoms with Crippen LogP contribution in [0.2, 0.25) is 0 Å².